The molecular formula is C16H18N2O2. The summed E-state index contributed by atoms with van der Waals surface area (Å²) in [5, 5.41) is 3.14. The van der Waals surface area contributed by atoms with E-state index in [0.717, 1.165) is 36.3 Å². The van der Waals surface area contributed by atoms with E-state index in [-0.39, 0.29) is 18.1 Å². The smallest absolute Gasteiger partial charge is 0.238 e. The SMILES string of the molecule is O=C1NC(C2=Cc3ccccc3OC2)N2CCCCC12. The molecule has 0 radical (unpaired) electrons. The molecule has 2 fully saturated rings. The van der Waals surface area contributed by atoms with Gasteiger partial charge in [-0.3, -0.25) is 9.69 Å². The van der Waals surface area contributed by atoms with Crippen molar-refractivity contribution in [1.29, 1.82) is 0 Å². The lowest BCUT2D eigenvalue weighted by atomic mass is 10.0. The average molecular weight is 270 g/mol. The number of ether oxygens (including phenoxy) is 1. The van der Waals surface area contributed by atoms with Crippen molar-refractivity contribution in [2.75, 3.05) is 13.2 Å². The molecule has 4 heteroatoms. The van der Waals surface area contributed by atoms with Gasteiger partial charge in [-0.25, -0.2) is 0 Å². The number of hydrogen-bond acceptors (Lipinski definition) is 3. The van der Waals surface area contributed by atoms with E-state index in [2.05, 4.69) is 22.4 Å². The Morgan fingerprint density at radius 1 is 1.25 bits per heavy atom. The third-order valence-electron chi connectivity index (χ3n) is 4.46. The lowest BCUT2D eigenvalue weighted by Gasteiger charge is -2.33. The van der Waals surface area contributed by atoms with Crippen LogP contribution in [0.5, 0.6) is 5.75 Å². The highest BCUT2D eigenvalue weighted by Crippen LogP contribution is 2.32. The van der Waals surface area contributed by atoms with E-state index in [9.17, 15) is 4.79 Å². The first-order valence-electron chi connectivity index (χ1n) is 7.31. The minimum absolute atomic E-state index is 0.0150. The zero-order valence-corrected chi connectivity index (χ0v) is 11.3. The normalized spacial score (nSPS) is 29.0. The summed E-state index contributed by atoms with van der Waals surface area (Å²) < 4.78 is 5.82. The third-order valence-corrected chi connectivity index (χ3v) is 4.46. The van der Waals surface area contributed by atoms with Crippen molar-refractivity contribution in [3.05, 3.63) is 35.4 Å². The highest BCUT2D eigenvalue weighted by atomic mass is 16.5. The van der Waals surface area contributed by atoms with Gasteiger partial charge in [0.2, 0.25) is 5.91 Å². The quantitative estimate of drug-likeness (QED) is 0.845. The van der Waals surface area contributed by atoms with Gasteiger partial charge < -0.3 is 10.1 Å². The molecular weight excluding hydrogens is 252 g/mol. The van der Waals surface area contributed by atoms with Crippen molar-refractivity contribution in [3.8, 4) is 5.75 Å². The van der Waals surface area contributed by atoms with E-state index < -0.39 is 0 Å². The van der Waals surface area contributed by atoms with Gasteiger partial charge in [-0.2, -0.15) is 0 Å². The zero-order valence-electron chi connectivity index (χ0n) is 11.3. The molecule has 2 atom stereocenters. The molecule has 3 aliphatic heterocycles. The fourth-order valence-electron chi connectivity index (χ4n) is 3.46. The van der Waals surface area contributed by atoms with Gasteiger partial charge in [0, 0.05) is 17.7 Å². The number of fused-ring (bicyclic) bond motifs is 2. The number of hydrogen-bond donors (Lipinski definition) is 1. The second kappa shape index (κ2) is 4.63. The Balaban J connectivity index is 1.65. The summed E-state index contributed by atoms with van der Waals surface area (Å²) in [7, 11) is 0. The molecule has 3 heterocycles. The fourth-order valence-corrected chi connectivity index (χ4v) is 3.46. The lowest BCUT2D eigenvalue weighted by molar-refractivity contribution is -0.122. The molecule has 3 aliphatic rings. The molecule has 1 N–H and O–H groups in total. The second-order valence-electron chi connectivity index (χ2n) is 5.71. The number of benzene rings is 1. The molecule has 4 rings (SSSR count). The van der Waals surface area contributed by atoms with Crippen molar-refractivity contribution >= 4 is 12.0 Å². The Bertz CT molecular complexity index is 582. The first-order chi connectivity index (χ1) is 9.83. The number of piperidine rings is 1. The minimum atomic E-state index is 0.0150. The van der Waals surface area contributed by atoms with Crippen molar-refractivity contribution < 1.29 is 9.53 Å². The predicted octanol–water partition coefficient (Wildman–Crippen LogP) is 1.77. The lowest BCUT2D eigenvalue weighted by Crippen LogP contribution is -2.44. The Labute approximate surface area is 118 Å². The summed E-state index contributed by atoms with van der Waals surface area (Å²) in [6, 6.07) is 8.10. The highest BCUT2D eigenvalue weighted by molar-refractivity contribution is 5.85. The number of carbonyl (C=O) groups is 1. The number of carbonyl (C=O) groups excluding carboxylic acids is 1. The highest BCUT2D eigenvalue weighted by Gasteiger charge is 2.42. The summed E-state index contributed by atoms with van der Waals surface area (Å²) in [5.41, 5.74) is 2.25. The molecule has 2 unspecified atom stereocenters. The maximum atomic E-state index is 12.1. The van der Waals surface area contributed by atoms with Crippen LogP contribution >= 0.6 is 0 Å². The Morgan fingerprint density at radius 2 is 2.15 bits per heavy atom. The molecule has 104 valence electrons. The molecule has 20 heavy (non-hydrogen) atoms. The largest absolute Gasteiger partial charge is 0.488 e. The van der Waals surface area contributed by atoms with Crippen LogP contribution < -0.4 is 10.1 Å². The van der Waals surface area contributed by atoms with Gasteiger partial charge in [-0.05, 0) is 25.0 Å². The summed E-state index contributed by atoms with van der Waals surface area (Å²) in [4.78, 5) is 14.4. The van der Waals surface area contributed by atoms with Crippen LogP contribution in [0.4, 0.5) is 0 Å². The van der Waals surface area contributed by atoms with Crippen LogP contribution in [0.3, 0.4) is 0 Å². The Morgan fingerprint density at radius 3 is 3.10 bits per heavy atom. The first-order valence-corrected chi connectivity index (χ1v) is 7.31. The van der Waals surface area contributed by atoms with Gasteiger partial charge in [0.05, 0.1) is 6.04 Å². The van der Waals surface area contributed by atoms with E-state index in [1.807, 2.05) is 18.2 Å². The fraction of sp³-hybridized carbons (Fsp3) is 0.438. The van der Waals surface area contributed by atoms with Gasteiger partial charge in [0.15, 0.2) is 0 Å². The number of amides is 1. The van der Waals surface area contributed by atoms with Gasteiger partial charge in [0.25, 0.3) is 0 Å². The van der Waals surface area contributed by atoms with E-state index in [4.69, 9.17) is 4.74 Å². The van der Waals surface area contributed by atoms with Crippen molar-refractivity contribution in [2.24, 2.45) is 0 Å². The number of nitrogens with zero attached hydrogens (tertiary/aromatic N) is 1. The van der Waals surface area contributed by atoms with Crippen LogP contribution in [0.15, 0.2) is 29.8 Å². The third kappa shape index (κ3) is 1.83. The molecule has 0 aromatic heterocycles. The van der Waals surface area contributed by atoms with Gasteiger partial charge >= 0.3 is 0 Å². The molecule has 0 saturated carbocycles. The molecule has 0 bridgehead atoms. The van der Waals surface area contributed by atoms with Crippen LogP contribution in [0.2, 0.25) is 0 Å². The summed E-state index contributed by atoms with van der Waals surface area (Å²) >= 11 is 0. The van der Waals surface area contributed by atoms with Crippen LogP contribution in [0.25, 0.3) is 6.08 Å². The molecule has 1 aromatic rings. The monoisotopic (exact) mass is 270 g/mol. The van der Waals surface area contributed by atoms with Crippen LogP contribution in [-0.4, -0.2) is 36.2 Å². The van der Waals surface area contributed by atoms with Gasteiger partial charge in [-0.15, -0.1) is 0 Å². The maximum absolute atomic E-state index is 12.1. The number of rotatable bonds is 1. The van der Waals surface area contributed by atoms with E-state index in [1.165, 1.54) is 6.42 Å². The van der Waals surface area contributed by atoms with Crippen molar-refractivity contribution in [2.45, 2.75) is 31.5 Å². The van der Waals surface area contributed by atoms with Crippen molar-refractivity contribution in [1.82, 2.24) is 10.2 Å². The van der Waals surface area contributed by atoms with Crippen molar-refractivity contribution in [3.63, 3.8) is 0 Å². The maximum Gasteiger partial charge on any atom is 0.238 e. The average Bonchev–Trinajstić information content (AvgIpc) is 2.85. The van der Waals surface area contributed by atoms with Gasteiger partial charge in [-0.1, -0.05) is 24.6 Å². The summed E-state index contributed by atoms with van der Waals surface area (Å²) in [6.45, 7) is 1.55. The number of para-hydroxylation sites is 1. The van der Waals surface area contributed by atoms with Gasteiger partial charge in [0.1, 0.15) is 18.5 Å². The Hall–Kier alpha value is -1.81. The van der Waals surface area contributed by atoms with Crippen LogP contribution in [0, 0.1) is 0 Å². The molecule has 1 amide bonds. The standard InChI is InChI=1S/C16H18N2O2/c19-16-13-6-3-4-8-18(13)15(17-16)12-9-11-5-1-2-7-14(11)20-10-12/h1-2,5,7,9,13,15H,3-4,6,8,10H2,(H,17,19). The Kier molecular flexibility index (Phi) is 2.77. The van der Waals surface area contributed by atoms with E-state index in [1.54, 1.807) is 0 Å². The second-order valence-corrected chi connectivity index (χ2v) is 5.71. The zero-order chi connectivity index (χ0) is 13.5. The summed E-state index contributed by atoms with van der Waals surface area (Å²) in [6.07, 6.45) is 5.49. The molecule has 0 aliphatic carbocycles. The van der Waals surface area contributed by atoms with E-state index >= 15 is 0 Å². The molecule has 1 aromatic carbocycles. The predicted molar refractivity (Wildman–Crippen MR) is 76.2 cm³/mol. The minimum Gasteiger partial charge on any atom is -0.488 e. The van der Waals surface area contributed by atoms with Crippen LogP contribution in [-0.2, 0) is 4.79 Å². The van der Waals surface area contributed by atoms with E-state index in [0.29, 0.717) is 6.61 Å². The number of nitrogens with one attached hydrogen (secondary N) is 1. The summed E-state index contributed by atoms with van der Waals surface area (Å²) in [5.74, 6) is 1.10. The molecule has 2 saturated heterocycles. The van der Waals surface area contributed by atoms with Crippen LogP contribution in [0.1, 0.15) is 24.8 Å². The topological polar surface area (TPSA) is 41.6 Å². The molecule has 4 nitrogen and oxygen atoms in total. The molecule has 0 spiro atoms. The first kappa shape index (κ1) is 12.0.